The van der Waals surface area contributed by atoms with Gasteiger partial charge in [0.25, 0.3) is 15.9 Å². The van der Waals surface area contributed by atoms with E-state index in [2.05, 4.69) is 10.5 Å². The molecule has 1 fully saturated rings. The van der Waals surface area contributed by atoms with E-state index in [-0.39, 0.29) is 4.90 Å². The summed E-state index contributed by atoms with van der Waals surface area (Å²) >= 11 is 0. The molecular formula is C27H36FN3O3S. The molecule has 35 heavy (non-hydrogen) atoms. The van der Waals surface area contributed by atoms with E-state index < -0.39 is 28.3 Å². The van der Waals surface area contributed by atoms with Gasteiger partial charge in [-0.2, -0.15) is 5.10 Å². The highest BCUT2D eigenvalue weighted by Gasteiger charge is 2.27. The van der Waals surface area contributed by atoms with Gasteiger partial charge in [-0.15, -0.1) is 0 Å². The van der Waals surface area contributed by atoms with Crippen molar-refractivity contribution < 1.29 is 17.6 Å². The average molecular weight is 502 g/mol. The molecule has 0 bridgehead atoms. The predicted molar refractivity (Wildman–Crippen MR) is 138 cm³/mol. The Hall–Kier alpha value is -2.74. The van der Waals surface area contributed by atoms with Crippen molar-refractivity contribution in [2.45, 2.75) is 82.4 Å². The number of halogens is 1. The zero-order chi connectivity index (χ0) is 25.1. The second kappa shape index (κ2) is 13.4. The van der Waals surface area contributed by atoms with Crippen LogP contribution in [0, 0.1) is 12.7 Å². The monoisotopic (exact) mass is 501 g/mol. The minimum atomic E-state index is -4.09. The molecular weight excluding hydrogens is 465 g/mol. The van der Waals surface area contributed by atoms with Crippen LogP contribution in [0.4, 0.5) is 10.1 Å². The van der Waals surface area contributed by atoms with E-state index in [1.807, 2.05) is 6.92 Å². The fraction of sp³-hybridized carbons (Fsp3) is 0.481. The predicted octanol–water partition coefficient (Wildman–Crippen LogP) is 6.11. The van der Waals surface area contributed by atoms with Gasteiger partial charge < -0.3 is 0 Å². The first-order chi connectivity index (χ1) is 16.9. The fourth-order valence-electron chi connectivity index (χ4n) is 4.20. The number of hydrogen-bond donors (Lipinski definition) is 1. The molecule has 2 aromatic rings. The number of anilines is 1. The maximum Gasteiger partial charge on any atom is 0.264 e. The number of nitrogens with zero attached hydrogens (tertiary/aromatic N) is 2. The fourth-order valence-corrected chi connectivity index (χ4v) is 5.62. The smallest absolute Gasteiger partial charge is 0.264 e. The van der Waals surface area contributed by atoms with Gasteiger partial charge in [-0.05, 0) is 69.0 Å². The van der Waals surface area contributed by atoms with E-state index in [0.717, 1.165) is 66.2 Å². The SMILES string of the molecule is Cc1ccc(N(CC(=O)NN=C2CCCCCCCCCCC2)S(=O)(=O)c2ccc(F)cc2)cc1. The molecule has 3 rings (SSSR count). The maximum atomic E-state index is 13.4. The third-order valence-corrected chi connectivity index (χ3v) is 8.07. The minimum absolute atomic E-state index is 0.0853. The molecule has 0 radical (unpaired) electrons. The summed E-state index contributed by atoms with van der Waals surface area (Å²) in [5, 5.41) is 4.38. The Morgan fingerprint density at radius 2 is 1.37 bits per heavy atom. The maximum absolute atomic E-state index is 13.4. The zero-order valence-electron chi connectivity index (χ0n) is 20.5. The number of nitrogens with one attached hydrogen (secondary N) is 1. The molecule has 0 aromatic heterocycles. The normalized spacial score (nSPS) is 16.0. The lowest BCUT2D eigenvalue weighted by atomic mass is 10.00. The van der Waals surface area contributed by atoms with Crippen LogP contribution >= 0.6 is 0 Å². The Morgan fingerprint density at radius 1 is 0.857 bits per heavy atom. The summed E-state index contributed by atoms with van der Waals surface area (Å²) in [5.41, 5.74) is 4.87. The minimum Gasteiger partial charge on any atom is -0.271 e. The molecule has 1 aliphatic rings. The molecule has 1 aliphatic carbocycles. The molecule has 2 aromatic carbocycles. The summed E-state index contributed by atoms with van der Waals surface area (Å²) in [6, 6.07) is 11.5. The number of rotatable bonds is 6. The lowest BCUT2D eigenvalue weighted by molar-refractivity contribution is -0.119. The first-order valence-electron chi connectivity index (χ1n) is 12.6. The van der Waals surface area contributed by atoms with Gasteiger partial charge in [0.1, 0.15) is 12.4 Å². The van der Waals surface area contributed by atoms with Crippen LogP contribution in [0.2, 0.25) is 0 Å². The van der Waals surface area contributed by atoms with Gasteiger partial charge in [0.15, 0.2) is 0 Å². The lowest BCUT2D eigenvalue weighted by Gasteiger charge is -2.24. The molecule has 0 unspecified atom stereocenters. The largest absolute Gasteiger partial charge is 0.271 e. The van der Waals surface area contributed by atoms with Gasteiger partial charge in [-0.3, -0.25) is 9.10 Å². The van der Waals surface area contributed by atoms with Gasteiger partial charge in [-0.25, -0.2) is 18.2 Å². The highest BCUT2D eigenvalue weighted by molar-refractivity contribution is 7.92. The highest BCUT2D eigenvalue weighted by atomic mass is 32.2. The van der Waals surface area contributed by atoms with Crippen LogP contribution in [0.3, 0.4) is 0 Å². The van der Waals surface area contributed by atoms with Crippen LogP contribution in [0.1, 0.15) is 76.2 Å². The van der Waals surface area contributed by atoms with E-state index in [9.17, 15) is 17.6 Å². The summed E-state index contributed by atoms with van der Waals surface area (Å²) in [4.78, 5) is 12.8. The molecule has 0 aliphatic heterocycles. The number of hydrazone groups is 1. The van der Waals surface area contributed by atoms with Gasteiger partial charge in [0.05, 0.1) is 10.6 Å². The topological polar surface area (TPSA) is 78.8 Å². The Kier molecular flexibility index (Phi) is 10.3. The molecule has 0 atom stereocenters. The van der Waals surface area contributed by atoms with Crippen LogP contribution in [-0.2, 0) is 14.8 Å². The number of benzene rings is 2. The first-order valence-corrected chi connectivity index (χ1v) is 14.0. The number of carbonyl (C=O) groups excluding carboxylic acids is 1. The number of carbonyl (C=O) groups is 1. The van der Waals surface area contributed by atoms with Crippen molar-refractivity contribution >= 4 is 27.3 Å². The number of amides is 1. The van der Waals surface area contributed by atoms with Crippen molar-refractivity contribution in [3.05, 3.63) is 59.9 Å². The summed E-state index contributed by atoms with van der Waals surface area (Å²) in [6.07, 6.45) is 12.4. The zero-order valence-corrected chi connectivity index (χ0v) is 21.3. The third-order valence-electron chi connectivity index (χ3n) is 6.28. The van der Waals surface area contributed by atoms with Crippen LogP contribution in [0.25, 0.3) is 0 Å². The molecule has 0 spiro atoms. The number of aryl methyl sites for hydroxylation is 1. The van der Waals surface area contributed by atoms with E-state index in [1.165, 1.54) is 44.2 Å². The summed E-state index contributed by atoms with van der Waals surface area (Å²) < 4.78 is 41.2. The summed E-state index contributed by atoms with van der Waals surface area (Å²) in [5.74, 6) is -1.05. The van der Waals surface area contributed by atoms with Crippen LogP contribution in [0.15, 0.2) is 58.5 Å². The lowest BCUT2D eigenvalue weighted by Crippen LogP contribution is -2.39. The first kappa shape index (κ1) is 26.9. The van der Waals surface area contributed by atoms with E-state index >= 15 is 0 Å². The van der Waals surface area contributed by atoms with Gasteiger partial charge in [0.2, 0.25) is 0 Å². The van der Waals surface area contributed by atoms with E-state index in [4.69, 9.17) is 0 Å². The van der Waals surface area contributed by atoms with E-state index in [0.29, 0.717) is 5.69 Å². The standard InChI is InChI=1S/C27H36FN3O3S/c1-22-13-17-25(18-14-22)31(35(33,34)26-19-15-23(28)16-20-26)21-27(32)30-29-24-11-9-7-5-3-2-4-6-8-10-12-24/h13-20H,2-12,21H2,1H3,(H,30,32). The molecule has 6 nitrogen and oxygen atoms in total. The molecule has 0 heterocycles. The summed E-state index contributed by atoms with van der Waals surface area (Å²) in [6.45, 7) is 1.47. The van der Waals surface area contributed by atoms with Crippen LogP contribution < -0.4 is 9.73 Å². The van der Waals surface area contributed by atoms with Gasteiger partial charge in [-0.1, -0.05) is 62.6 Å². The molecule has 8 heteroatoms. The quantitative estimate of drug-likeness (QED) is 0.485. The Morgan fingerprint density at radius 3 is 1.91 bits per heavy atom. The van der Waals surface area contributed by atoms with Crippen molar-refractivity contribution in [2.75, 3.05) is 10.8 Å². The Balaban J connectivity index is 1.75. The molecule has 1 N–H and O–H groups in total. The third kappa shape index (κ3) is 8.46. The van der Waals surface area contributed by atoms with Crippen molar-refractivity contribution in [2.24, 2.45) is 5.10 Å². The Labute approximate surface area is 208 Å². The molecule has 190 valence electrons. The van der Waals surface area contributed by atoms with Crippen LogP contribution in [-0.4, -0.2) is 26.6 Å². The second-order valence-corrected chi connectivity index (χ2v) is 11.1. The molecule has 1 amide bonds. The number of sulfonamides is 1. The van der Waals surface area contributed by atoms with E-state index in [1.54, 1.807) is 24.3 Å². The van der Waals surface area contributed by atoms with Crippen molar-refractivity contribution in [1.82, 2.24) is 5.43 Å². The Bertz CT molecular complexity index is 1070. The average Bonchev–Trinajstić information content (AvgIpc) is 2.83. The molecule has 0 saturated heterocycles. The van der Waals surface area contributed by atoms with Crippen molar-refractivity contribution in [1.29, 1.82) is 0 Å². The van der Waals surface area contributed by atoms with Gasteiger partial charge >= 0.3 is 0 Å². The number of hydrogen-bond acceptors (Lipinski definition) is 4. The van der Waals surface area contributed by atoms with Gasteiger partial charge in [0, 0.05) is 5.71 Å². The summed E-state index contributed by atoms with van der Waals surface area (Å²) in [7, 11) is -4.09. The molecule has 1 saturated carbocycles. The second-order valence-electron chi connectivity index (χ2n) is 9.20. The van der Waals surface area contributed by atoms with Crippen LogP contribution in [0.5, 0.6) is 0 Å². The highest BCUT2D eigenvalue weighted by Crippen LogP contribution is 2.24. The van der Waals surface area contributed by atoms with Crippen molar-refractivity contribution in [3.63, 3.8) is 0 Å². The van der Waals surface area contributed by atoms with Crippen molar-refractivity contribution in [3.8, 4) is 0 Å².